The Kier molecular flexibility index (Phi) is 5.76. The Morgan fingerprint density at radius 3 is 2.54 bits per heavy atom. The lowest BCUT2D eigenvalue weighted by Crippen LogP contribution is -2.18. The molecule has 4 nitrogen and oxygen atoms in total. The summed E-state index contributed by atoms with van der Waals surface area (Å²) in [6.45, 7) is 3.96. The van der Waals surface area contributed by atoms with Gasteiger partial charge in [-0.25, -0.2) is 0 Å². The smallest absolute Gasteiger partial charge is 0.192 e. The van der Waals surface area contributed by atoms with E-state index in [1.807, 2.05) is 38.1 Å². The van der Waals surface area contributed by atoms with Crippen molar-refractivity contribution in [2.75, 3.05) is 0 Å². The van der Waals surface area contributed by atoms with E-state index in [-0.39, 0.29) is 11.0 Å². The van der Waals surface area contributed by atoms with E-state index in [0.717, 1.165) is 21.0 Å². The minimum Gasteiger partial charge on any atom is -0.303 e. The van der Waals surface area contributed by atoms with Crippen LogP contribution in [0.4, 0.5) is 0 Å². The Labute approximate surface area is 155 Å². The average Bonchev–Trinajstić information content (AvgIpc) is 2.96. The van der Waals surface area contributed by atoms with Gasteiger partial charge in [0, 0.05) is 16.1 Å². The number of rotatable bonds is 5. The van der Waals surface area contributed by atoms with Gasteiger partial charge in [0.15, 0.2) is 10.9 Å². The molecule has 1 aromatic carbocycles. The summed E-state index contributed by atoms with van der Waals surface area (Å²) in [6, 6.07) is 8.01. The summed E-state index contributed by atoms with van der Waals surface area (Å²) in [5, 5.41) is 9.29. The molecule has 0 amide bonds. The van der Waals surface area contributed by atoms with Crippen LogP contribution >= 0.6 is 27.7 Å². The third kappa shape index (κ3) is 3.91. The van der Waals surface area contributed by atoms with E-state index in [9.17, 15) is 4.79 Å². The number of halogens is 1. The molecule has 6 heteroatoms. The molecule has 2 aromatic rings. The molecule has 1 heterocycles. The summed E-state index contributed by atoms with van der Waals surface area (Å²) < 4.78 is 3.22. The molecule has 1 saturated carbocycles. The second-order valence-corrected chi connectivity index (χ2v) is 8.55. The average molecular weight is 408 g/mol. The molecule has 0 bridgehead atoms. The van der Waals surface area contributed by atoms with E-state index in [0.29, 0.717) is 6.04 Å². The van der Waals surface area contributed by atoms with Gasteiger partial charge in [-0.05, 0) is 38.8 Å². The fourth-order valence-electron chi connectivity index (χ4n) is 3.25. The first-order valence-electron chi connectivity index (χ1n) is 8.44. The quantitative estimate of drug-likeness (QED) is 0.503. The van der Waals surface area contributed by atoms with Gasteiger partial charge < -0.3 is 4.57 Å². The number of nitrogens with zero attached hydrogens (tertiary/aromatic N) is 3. The molecule has 1 aliphatic carbocycles. The van der Waals surface area contributed by atoms with Crippen molar-refractivity contribution in [3.63, 3.8) is 0 Å². The van der Waals surface area contributed by atoms with Crippen molar-refractivity contribution in [1.82, 2.24) is 14.8 Å². The van der Waals surface area contributed by atoms with Crippen LogP contribution in [0.5, 0.6) is 0 Å². The number of ketones is 1. The molecular weight excluding hydrogens is 386 g/mol. The van der Waals surface area contributed by atoms with Crippen LogP contribution in [0.2, 0.25) is 0 Å². The van der Waals surface area contributed by atoms with Crippen LogP contribution in [-0.2, 0) is 0 Å². The monoisotopic (exact) mass is 407 g/mol. The zero-order chi connectivity index (χ0) is 17.1. The number of aryl methyl sites for hydroxylation is 1. The minimum absolute atomic E-state index is 0.128. The van der Waals surface area contributed by atoms with Crippen molar-refractivity contribution in [1.29, 1.82) is 0 Å². The van der Waals surface area contributed by atoms with Crippen molar-refractivity contribution < 1.29 is 4.79 Å². The number of hydrogen-bond acceptors (Lipinski definition) is 4. The third-order valence-electron chi connectivity index (χ3n) is 4.55. The topological polar surface area (TPSA) is 47.8 Å². The van der Waals surface area contributed by atoms with Gasteiger partial charge in [-0.1, -0.05) is 59.1 Å². The summed E-state index contributed by atoms with van der Waals surface area (Å²) in [6.07, 6.45) is 6.21. The first-order valence-corrected chi connectivity index (χ1v) is 10.1. The molecule has 0 aliphatic heterocycles. The SMILES string of the molecule is Cc1nnc(SC(C)C(=O)c2ccc(Br)cc2)n1C1CCCCC1. The van der Waals surface area contributed by atoms with Crippen molar-refractivity contribution in [3.8, 4) is 0 Å². The van der Waals surface area contributed by atoms with Gasteiger partial charge >= 0.3 is 0 Å². The Bertz CT molecular complexity index is 708. The predicted octanol–water partition coefficient (Wildman–Crippen LogP) is 5.22. The Balaban J connectivity index is 1.75. The first-order chi connectivity index (χ1) is 11.6. The molecule has 1 atom stereocenters. The molecule has 0 radical (unpaired) electrons. The van der Waals surface area contributed by atoms with E-state index >= 15 is 0 Å². The van der Waals surface area contributed by atoms with Gasteiger partial charge in [-0.2, -0.15) is 0 Å². The molecule has 24 heavy (non-hydrogen) atoms. The molecule has 3 rings (SSSR count). The van der Waals surface area contributed by atoms with Crippen LogP contribution in [0.15, 0.2) is 33.9 Å². The highest BCUT2D eigenvalue weighted by molar-refractivity contribution is 9.10. The van der Waals surface area contributed by atoms with Crippen LogP contribution in [-0.4, -0.2) is 25.8 Å². The van der Waals surface area contributed by atoms with E-state index < -0.39 is 0 Å². The second-order valence-electron chi connectivity index (χ2n) is 6.32. The zero-order valence-corrected chi connectivity index (χ0v) is 16.4. The maximum absolute atomic E-state index is 12.7. The van der Waals surface area contributed by atoms with Gasteiger partial charge in [0.2, 0.25) is 0 Å². The molecule has 0 saturated heterocycles. The van der Waals surface area contributed by atoms with Crippen molar-refractivity contribution in [2.45, 2.75) is 62.4 Å². The van der Waals surface area contributed by atoms with Gasteiger partial charge in [0.25, 0.3) is 0 Å². The number of thioether (sulfide) groups is 1. The molecule has 0 spiro atoms. The maximum Gasteiger partial charge on any atom is 0.192 e. The fourth-order valence-corrected chi connectivity index (χ4v) is 4.56. The fraction of sp³-hybridized carbons (Fsp3) is 0.500. The normalized spacial score (nSPS) is 17.0. The molecule has 0 N–H and O–H groups in total. The lowest BCUT2D eigenvalue weighted by molar-refractivity contribution is 0.0993. The van der Waals surface area contributed by atoms with Crippen molar-refractivity contribution in [3.05, 3.63) is 40.1 Å². The van der Waals surface area contributed by atoms with E-state index in [1.165, 1.54) is 43.9 Å². The second kappa shape index (κ2) is 7.83. The van der Waals surface area contributed by atoms with Gasteiger partial charge in [-0.3, -0.25) is 4.79 Å². The summed E-state index contributed by atoms with van der Waals surface area (Å²) >= 11 is 4.92. The lowest BCUT2D eigenvalue weighted by atomic mass is 9.95. The number of benzene rings is 1. The third-order valence-corrected chi connectivity index (χ3v) is 6.14. The molecule has 1 fully saturated rings. The zero-order valence-electron chi connectivity index (χ0n) is 14.0. The molecule has 1 aliphatic rings. The number of carbonyl (C=O) groups excluding carboxylic acids is 1. The van der Waals surface area contributed by atoms with Gasteiger partial charge in [0.05, 0.1) is 5.25 Å². The van der Waals surface area contributed by atoms with Gasteiger partial charge in [-0.15, -0.1) is 10.2 Å². The molecule has 1 aromatic heterocycles. The van der Waals surface area contributed by atoms with Crippen LogP contribution in [0.1, 0.15) is 61.3 Å². The summed E-state index contributed by atoms with van der Waals surface area (Å²) in [7, 11) is 0. The Morgan fingerprint density at radius 2 is 1.88 bits per heavy atom. The number of hydrogen-bond donors (Lipinski definition) is 0. The number of aromatic nitrogens is 3. The van der Waals surface area contributed by atoms with Gasteiger partial charge in [0.1, 0.15) is 5.82 Å². The summed E-state index contributed by atoms with van der Waals surface area (Å²) in [4.78, 5) is 12.7. The van der Waals surface area contributed by atoms with Crippen LogP contribution in [0.25, 0.3) is 0 Å². The number of carbonyl (C=O) groups is 1. The predicted molar refractivity (Wildman–Crippen MR) is 101 cm³/mol. The highest BCUT2D eigenvalue weighted by atomic mass is 79.9. The lowest BCUT2D eigenvalue weighted by Gasteiger charge is -2.25. The largest absolute Gasteiger partial charge is 0.303 e. The Morgan fingerprint density at radius 1 is 1.21 bits per heavy atom. The highest BCUT2D eigenvalue weighted by Crippen LogP contribution is 2.34. The summed E-state index contributed by atoms with van der Waals surface area (Å²) in [5.74, 6) is 1.08. The maximum atomic E-state index is 12.7. The Hall–Kier alpha value is -1.14. The van der Waals surface area contributed by atoms with Crippen LogP contribution in [0.3, 0.4) is 0 Å². The van der Waals surface area contributed by atoms with Crippen molar-refractivity contribution >= 4 is 33.5 Å². The highest BCUT2D eigenvalue weighted by Gasteiger charge is 2.24. The van der Waals surface area contributed by atoms with Crippen LogP contribution < -0.4 is 0 Å². The van der Waals surface area contributed by atoms with Crippen molar-refractivity contribution in [2.24, 2.45) is 0 Å². The van der Waals surface area contributed by atoms with E-state index in [4.69, 9.17) is 0 Å². The molecule has 1 unspecified atom stereocenters. The van der Waals surface area contributed by atoms with Crippen LogP contribution in [0, 0.1) is 6.92 Å². The van der Waals surface area contributed by atoms with E-state index in [2.05, 4.69) is 30.7 Å². The molecular formula is C18H22BrN3OS. The number of Topliss-reactive ketones (excluding diaryl/α,β-unsaturated/α-hetero) is 1. The van der Waals surface area contributed by atoms with E-state index in [1.54, 1.807) is 0 Å². The first kappa shape index (κ1) is 17.7. The minimum atomic E-state index is -0.183. The standard InChI is InChI=1S/C18H22BrN3OS/c1-12(17(23)14-8-10-15(19)11-9-14)24-18-21-20-13(2)22(18)16-6-4-3-5-7-16/h8-12,16H,3-7H2,1-2H3. The summed E-state index contributed by atoms with van der Waals surface area (Å²) in [5.41, 5.74) is 0.735. The molecule has 128 valence electrons.